The summed E-state index contributed by atoms with van der Waals surface area (Å²) >= 11 is 3.27. The van der Waals surface area contributed by atoms with E-state index in [1.54, 1.807) is 29.4 Å². The maximum absolute atomic E-state index is 11.9. The van der Waals surface area contributed by atoms with Crippen LogP contribution in [-0.2, 0) is 7.05 Å². The van der Waals surface area contributed by atoms with Crippen LogP contribution in [0.2, 0.25) is 0 Å². The van der Waals surface area contributed by atoms with Gasteiger partial charge in [0, 0.05) is 35.7 Å². The smallest absolute Gasteiger partial charge is 0.214 e. The van der Waals surface area contributed by atoms with Crippen molar-refractivity contribution in [3.05, 3.63) is 46.7 Å². The molecular formula is C10H8BrN3O. The maximum atomic E-state index is 11.9. The second kappa shape index (κ2) is 3.94. The summed E-state index contributed by atoms with van der Waals surface area (Å²) < 4.78 is 2.52. The first-order valence-electron chi connectivity index (χ1n) is 4.30. The summed E-state index contributed by atoms with van der Waals surface area (Å²) in [6.07, 6.45) is 6.44. The molecule has 2 rings (SSSR count). The summed E-state index contributed by atoms with van der Waals surface area (Å²) in [6, 6.07) is 1.73. The number of carbonyl (C=O) groups excluding carboxylic acids is 1. The molecule has 0 aliphatic rings. The molecule has 0 aliphatic heterocycles. The van der Waals surface area contributed by atoms with Gasteiger partial charge in [-0.05, 0) is 22.0 Å². The molecule has 0 radical (unpaired) electrons. The molecule has 0 saturated carbocycles. The Bertz CT molecular complexity index is 507. The number of halogens is 1. The zero-order valence-corrected chi connectivity index (χ0v) is 9.60. The van der Waals surface area contributed by atoms with E-state index in [0.29, 0.717) is 11.3 Å². The molecule has 0 spiro atoms. The van der Waals surface area contributed by atoms with Crippen molar-refractivity contribution in [1.29, 1.82) is 0 Å². The normalized spacial score (nSPS) is 10.3. The third-order valence-corrected chi connectivity index (χ3v) is 2.34. The van der Waals surface area contributed by atoms with E-state index in [0.717, 1.165) is 4.47 Å². The fraction of sp³-hybridized carbons (Fsp3) is 0.100. The van der Waals surface area contributed by atoms with Gasteiger partial charge < -0.3 is 4.57 Å². The van der Waals surface area contributed by atoms with Crippen LogP contribution < -0.4 is 0 Å². The monoisotopic (exact) mass is 265 g/mol. The Labute approximate surface area is 95.1 Å². The Hall–Kier alpha value is -1.49. The lowest BCUT2D eigenvalue weighted by atomic mass is 10.1. The van der Waals surface area contributed by atoms with Gasteiger partial charge in [-0.25, -0.2) is 4.98 Å². The van der Waals surface area contributed by atoms with Gasteiger partial charge in [0.25, 0.3) is 0 Å². The summed E-state index contributed by atoms with van der Waals surface area (Å²) in [4.78, 5) is 19.8. The van der Waals surface area contributed by atoms with Crippen LogP contribution in [0.25, 0.3) is 0 Å². The molecule has 4 nitrogen and oxygen atoms in total. The predicted molar refractivity (Wildman–Crippen MR) is 58.6 cm³/mol. The molecule has 0 bridgehead atoms. The summed E-state index contributed by atoms with van der Waals surface area (Å²) in [5, 5.41) is 0. The number of imidazole rings is 1. The minimum atomic E-state index is -0.121. The first kappa shape index (κ1) is 10.0. The van der Waals surface area contributed by atoms with E-state index in [1.165, 1.54) is 6.20 Å². The number of aryl methyl sites for hydroxylation is 1. The van der Waals surface area contributed by atoms with Crippen LogP contribution in [0.3, 0.4) is 0 Å². The highest BCUT2D eigenvalue weighted by Gasteiger charge is 2.11. The maximum Gasteiger partial charge on any atom is 0.214 e. The fourth-order valence-corrected chi connectivity index (χ4v) is 1.58. The lowest BCUT2D eigenvalue weighted by Gasteiger charge is -1.96. The minimum absolute atomic E-state index is 0.121. The number of nitrogens with zero attached hydrogens (tertiary/aromatic N) is 3. The number of rotatable bonds is 2. The third kappa shape index (κ3) is 2.12. The average molecular weight is 266 g/mol. The molecule has 2 heterocycles. The van der Waals surface area contributed by atoms with E-state index in [-0.39, 0.29) is 5.78 Å². The molecular weight excluding hydrogens is 258 g/mol. The summed E-state index contributed by atoms with van der Waals surface area (Å²) in [7, 11) is 1.82. The SMILES string of the molecule is Cn1cnc(C(=O)c2cncc(Br)c2)c1. The Balaban J connectivity index is 2.36. The molecule has 5 heteroatoms. The van der Waals surface area contributed by atoms with Crippen LogP contribution in [-0.4, -0.2) is 20.3 Å². The van der Waals surface area contributed by atoms with Crippen molar-refractivity contribution in [2.45, 2.75) is 0 Å². The van der Waals surface area contributed by atoms with Crippen LogP contribution in [0.4, 0.5) is 0 Å². The second-order valence-electron chi connectivity index (χ2n) is 3.15. The summed E-state index contributed by atoms with van der Waals surface area (Å²) in [5.74, 6) is -0.121. The van der Waals surface area contributed by atoms with Crippen LogP contribution in [0, 0.1) is 0 Å². The van der Waals surface area contributed by atoms with Gasteiger partial charge in [0.15, 0.2) is 0 Å². The topological polar surface area (TPSA) is 47.8 Å². The van der Waals surface area contributed by atoms with Crippen molar-refractivity contribution in [3.63, 3.8) is 0 Å². The van der Waals surface area contributed by atoms with Crippen LogP contribution in [0.15, 0.2) is 35.5 Å². The standard InChI is InChI=1S/C10H8BrN3O/c1-14-5-9(13-6-14)10(15)7-2-8(11)4-12-3-7/h2-6H,1H3. The van der Waals surface area contributed by atoms with Crippen LogP contribution in [0.1, 0.15) is 16.1 Å². The lowest BCUT2D eigenvalue weighted by molar-refractivity contribution is 0.103. The number of hydrogen-bond acceptors (Lipinski definition) is 3. The van der Waals surface area contributed by atoms with E-state index in [2.05, 4.69) is 25.9 Å². The number of aromatic nitrogens is 3. The first-order chi connectivity index (χ1) is 7.16. The molecule has 2 aromatic heterocycles. The van der Waals surface area contributed by atoms with Gasteiger partial charge in [-0.1, -0.05) is 0 Å². The Kier molecular flexibility index (Phi) is 2.64. The molecule has 0 N–H and O–H groups in total. The molecule has 0 aromatic carbocycles. The van der Waals surface area contributed by atoms with E-state index in [9.17, 15) is 4.79 Å². The number of pyridine rings is 1. The molecule has 0 amide bonds. The molecule has 0 aliphatic carbocycles. The Morgan fingerprint density at radius 3 is 2.87 bits per heavy atom. The molecule has 0 fully saturated rings. The van der Waals surface area contributed by atoms with E-state index < -0.39 is 0 Å². The molecule has 0 unspecified atom stereocenters. The molecule has 0 saturated heterocycles. The van der Waals surface area contributed by atoms with E-state index >= 15 is 0 Å². The number of carbonyl (C=O) groups is 1. The van der Waals surface area contributed by atoms with Gasteiger partial charge >= 0.3 is 0 Å². The predicted octanol–water partition coefficient (Wildman–Crippen LogP) is 1.81. The molecule has 15 heavy (non-hydrogen) atoms. The summed E-state index contributed by atoms with van der Waals surface area (Å²) in [5.41, 5.74) is 0.959. The van der Waals surface area contributed by atoms with Crippen molar-refractivity contribution in [2.75, 3.05) is 0 Å². The second-order valence-corrected chi connectivity index (χ2v) is 4.06. The average Bonchev–Trinajstić information content (AvgIpc) is 2.64. The largest absolute Gasteiger partial charge is 0.340 e. The number of ketones is 1. The highest BCUT2D eigenvalue weighted by atomic mass is 79.9. The van der Waals surface area contributed by atoms with Gasteiger partial charge in [-0.3, -0.25) is 9.78 Å². The van der Waals surface area contributed by atoms with Gasteiger partial charge in [-0.15, -0.1) is 0 Å². The van der Waals surface area contributed by atoms with Gasteiger partial charge in [0.05, 0.1) is 6.33 Å². The van der Waals surface area contributed by atoms with Crippen LogP contribution in [0.5, 0.6) is 0 Å². The van der Waals surface area contributed by atoms with Gasteiger partial charge in [-0.2, -0.15) is 0 Å². The Morgan fingerprint density at radius 1 is 1.47 bits per heavy atom. The third-order valence-electron chi connectivity index (χ3n) is 1.90. The van der Waals surface area contributed by atoms with Crippen LogP contribution >= 0.6 is 15.9 Å². The highest BCUT2D eigenvalue weighted by molar-refractivity contribution is 9.10. The first-order valence-corrected chi connectivity index (χ1v) is 5.09. The van der Waals surface area contributed by atoms with Crippen molar-refractivity contribution in [2.24, 2.45) is 7.05 Å². The highest BCUT2D eigenvalue weighted by Crippen LogP contribution is 2.12. The Morgan fingerprint density at radius 2 is 2.27 bits per heavy atom. The number of hydrogen-bond donors (Lipinski definition) is 0. The minimum Gasteiger partial charge on any atom is -0.340 e. The van der Waals surface area contributed by atoms with Crippen molar-refractivity contribution >= 4 is 21.7 Å². The zero-order valence-electron chi connectivity index (χ0n) is 8.01. The van der Waals surface area contributed by atoms with E-state index in [4.69, 9.17) is 0 Å². The molecule has 2 aromatic rings. The molecule has 76 valence electrons. The van der Waals surface area contributed by atoms with Crippen molar-refractivity contribution in [3.8, 4) is 0 Å². The van der Waals surface area contributed by atoms with Gasteiger partial charge in [0.1, 0.15) is 5.69 Å². The van der Waals surface area contributed by atoms with Crippen molar-refractivity contribution in [1.82, 2.24) is 14.5 Å². The summed E-state index contributed by atoms with van der Waals surface area (Å²) in [6.45, 7) is 0. The fourth-order valence-electron chi connectivity index (χ4n) is 1.21. The van der Waals surface area contributed by atoms with Gasteiger partial charge in [0.2, 0.25) is 5.78 Å². The van der Waals surface area contributed by atoms with E-state index in [1.807, 2.05) is 7.05 Å². The molecule has 0 atom stereocenters. The zero-order chi connectivity index (χ0) is 10.8. The lowest BCUT2D eigenvalue weighted by Crippen LogP contribution is -2.02. The van der Waals surface area contributed by atoms with Crippen molar-refractivity contribution < 1.29 is 4.79 Å². The quantitative estimate of drug-likeness (QED) is 0.779.